The summed E-state index contributed by atoms with van der Waals surface area (Å²) in [4.78, 5) is 7.03. The molecule has 1 unspecified atom stereocenters. The summed E-state index contributed by atoms with van der Waals surface area (Å²) in [6, 6.07) is 4.81. The van der Waals surface area contributed by atoms with E-state index in [9.17, 15) is 0 Å². The first-order chi connectivity index (χ1) is 7.81. The minimum atomic E-state index is 0.662. The van der Waals surface area contributed by atoms with Gasteiger partial charge in [0.25, 0.3) is 0 Å². The summed E-state index contributed by atoms with van der Waals surface area (Å²) in [5, 5.41) is 3.45. The molecule has 0 bridgehead atoms. The van der Waals surface area contributed by atoms with Crippen molar-refractivity contribution in [1.82, 2.24) is 15.2 Å². The Morgan fingerprint density at radius 3 is 3.19 bits per heavy atom. The van der Waals surface area contributed by atoms with Crippen LogP contribution >= 0.6 is 0 Å². The fraction of sp³-hybridized carbons (Fsp3) is 0.615. The van der Waals surface area contributed by atoms with E-state index in [1.807, 2.05) is 12.3 Å². The molecule has 16 heavy (non-hydrogen) atoms. The standard InChI is InChI=1S/C13H21N3/c1-3-12-9-14-7-8-16(12)10-13-11(2)5-4-6-15-13/h4-6,12,14H,3,7-10H2,1-2H3. The van der Waals surface area contributed by atoms with Gasteiger partial charge in [-0.15, -0.1) is 0 Å². The van der Waals surface area contributed by atoms with E-state index in [0.717, 1.165) is 26.2 Å². The van der Waals surface area contributed by atoms with Crippen LogP contribution in [-0.4, -0.2) is 35.6 Å². The predicted molar refractivity (Wildman–Crippen MR) is 66.3 cm³/mol. The smallest absolute Gasteiger partial charge is 0.0573 e. The van der Waals surface area contributed by atoms with Gasteiger partial charge < -0.3 is 5.32 Å². The molecule has 2 heterocycles. The fourth-order valence-corrected chi connectivity index (χ4v) is 2.29. The van der Waals surface area contributed by atoms with Gasteiger partial charge in [0, 0.05) is 38.4 Å². The van der Waals surface area contributed by atoms with E-state index in [-0.39, 0.29) is 0 Å². The Balaban J connectivity index is 2.05. The molecule has 2 rings (SSSR count). The number of nitrogens with one attached hydrogen (secondary N) is 1. The highest BCUT2D eigenvalue weighted by Crippen LogP contribution is 2.13. The lowest BCUT2D eigenvalue weighted by atomic mass is 10.1. The molecule has 88 valence electrons. The fourth-order valence-electron chi connectivity index (χ4n) is 2.29. The molecule has 0 saturated carbocycles. The van der Waals surface area contributed by atoms with Gasteiger partial charge in [0.05, 0.1) is 5.69 Å². The second-order valence-corrected chi connectivity index (χ2v) is 4.50. The molecule has 1 saturated heterocycles. The highest BCUT2D eigenvalue weighted by atomic mass is 15.2. The normalized spacial score (nSPS) is 22.2. The van der Waals surface area contributed by atoms with E-state index in [4.69, 9.17) is 0 Å². The Labute approximate surface area is 97.9 Å². The van der Waals surface area contributed by atoms with Crippen LogP contribution in [0.5, 0.6) is 0 Å². The quantitative estimate of drug-likeness (QED) is 0.836. The SMILES string of the molecule is CCC1CNCCN1Cc1ncccc1C. The maximum Gasteiger partial charge on any atom is 0.0573 e. The number of pyridine rings is 1. The van der Waals surface area contributed by atoms with Crippen LogP contribution < -0.4 is 5.32 Å². The van der Waals surface area contributed by atoms with Gasteiger partial charge in [-0.05, 0) is 25.0 Å². The largest absolute Gasteiger partial charge is 0.314 e. The van der Waals surface area contributed by atoms with E-state index in [1.165, 1.54) is 17.7 Å². The van der Waals surface area contributed by atoms with Crippen LogP contribution in [0.2, 0.25) is 0 Å². The third-order valence-corrected chi connectivity index (χ3v) is 3.41. The monoisotopic (exact) mass is 219 g/mol. The second-order valence-electron chi connectivity index (χ2n) is 4.50. The van der Waals surface area contributed by atoms with Crippen molar-refractivity contribution in [3.05, 3.63) is 29.6 Å². The maximum absolute atomic E-state index is 4.48. The lowest BCUT2D eigenvalue weighted by Gasteiger charge is -2.35. The van der Waals surface area contributed by atoms with Gasteiger partial charge in [0.1, 0.15) is 0 Å². The minimum absolute atomic E-state index is 0.662. The summed E-state index contributed by atoms with van der Waals surface area (Å²) in [5.41, 5.74) is 2.53. The van der Waals surface area contributed by atoms with Gasteiger partial charge >= 0.3 is 0 Å². The van der Waals surface area contributed by atoms with E-state index in [2.05, 4.69) is 35.1 Å². The summed E-state index contributed by atoms with van der Waals surface area (Å²) >= 11 is 0. The first kappa shape index (κ1) is 11.6. The van der Waals surface area contributed by atoms with Gasteiger partial charge in [0.2, 0.25) is 0 Å². The van der Waals surface area contributed by atoms with Crippen LogP contribution in [-0.2, 0) is 6.54 Å². The van der Waals surface area contributed by atoms with Crippen molar-refractivity contribution < 1.29 is 0 Å². The average Bonchev–Trinajstić information content (AvgIpc) is 2.33. The van der Waals surface area contributed by atoms with Gasteiger partial charge in [0.15, 0.2) is 0 Å². The Kier molecular flexibility index (Phi) is 3.91. The molecule has 0 aliphatic carbocycles. The summed E-state index contributed by atoms with van der Waals surface area (Å²) in [6.45, 7) is 8.74. The molecule has 3 nitrogen and oxygen atoms in total. The number of aromatic nitrogens is 1. The van der Waals surface area contributed by atoms with E-state index < -0.39 is 0 Å². The first-order valence-corrected chi connectivity index (χ1v) is 6.16. The molecule has 1 N–H and O–H groups in total. The number of piperazine rings is 1. The van der Waals surface area contributed by atoms with Crippen LogP contribution in [0.4, 0.5) is 0 Å². The summed E-state index contributed by atoms with van der Waals surface area (Å²) in [6.07, 6.45) is 3.10. The Hall–Kier alpha value is -0.930. The lowest BCUT2D eigenvalue weighted by Crippen LogP contribution is -2.50. The molecule has 0 aromatic carbocycles. The first-order valence-electron chi connectivity index (χ1n) is 6.16. The van der Waals surface area contributed by atoms with E-state index >= 15 is 0 Å². The molecule has 3 heteroatoms. The van der Waals surface area contributed by atoms with Crippen LogP contribution in [0.3, 0.4) is 0 Å². The van der Waals surface area contributed by atoms with Crippen LogP contribution in [0.1, 0.15) is 24.6 Å². The summed E-state index contributed by atoms with van der Waals surface area (Å²) < 4.78 is 0. The second kappa shape index (κ2) is 5.41. The number of nitrogens with zero attached hydrogens (tertiary/aromatic N) is 2. The Morgan fingerprint density at radius 2 is 2.44 bits per heavy atom. The van der Waals surface area contributed by atoms with Crippen molar-refractivity contribution in [2.45, 2.75) is 32.9 Å². The third kappa shape index (κ3) is 2.60. The van der Waals surface area contributed by atoms with Crippen LogP contribution in [0.25, 0.3) is 0 Å². The number of aryl methyl sites for hydroxylation is 1. The summed E-state index contributed by atoms with van der Waals surface area (Å²) in [5.74, 6) is 0. The Bertz CT molecular complexity index is 338. The molecule has 1 atom stereocenters. The average molecular weight is 219 g/mol. The zero-order valence-corrected chi connectivity index (χ0v) is 10.2. The minimum Gasteiger partial charge on any atom is -0.314 e. The van der Waals surface area contributed by atoms with Crippen molar-refractivity contribution in [3.63, 3.8) is 0 Å². The molecule has 0 amide bonds. The van der Waals surface area contributed by atoms with Crippen molar-refractivity contribution in [2.75, 3.05) is 19.6 Å². The number of hydrogen-bond acceptors (Lipinski definition) is 3. The number of hydrogen-bond donors (Lipinski definition) is 1. The van der Waals surface area contributed by atoms with Crippen LogP contribution in [0, 0.1) is 6.92 Å². The zero-order valence-electron chi connectivity index (χ0n) is 10.2. The van der Waals surface area contributed by atoms with Crippen molar-refractivity contribution in [1.29, 1.82) is 0 Å². The van der Waals surface area contributed by atoms with Crippen molar-refractivity contribution in [2.24, 2.45) is 0 Å². The Morgan fingerprint density at radius 1 is 1.56 bits per heavy atom. The molecule has 1 aromatic heterocycles. The zero-order chi connectivity index (χ0) is 11.4. The molecule has 1 fully saturated rings. The van der Waals surface area contributed by atoms with Crippen molar-refractivity contribution >= 4 is 0 Å². The van der Waals surface area contributed by atoms with E-state index in [0.29, 0.717) is 6.04 Å². The van der Waals surface area contributed by atoms with E-state index in [1.54, 1.807) is 0 Å². The van der Waals surface area contributed by atoms with Gasteiger partial charge in [-0.25, -0.2) is 0 Å². The third-order valence-electron chi connectivity index (χ3n) is 3.41. The van der Waals surface area contributed by atoms with Crippen molar-refractivity contribution in [3.8, 4) is 0 Å². The molecule has 1 aliphatic heterocycles. The molecular weight excluding hydrogens is 198 g/mol. The molecule has 1 aliphatic rings. The molecular formula is C13H21N3. The van der Waals surface area contributed by atoms with Gasteiger partial charge in [-0.2, -0.15) is 0 Å². The molecule has 1 aromatic rings. The lowest BCUT2D eigenvalue weighted by molar-refractivity contribution is 0.147. The maximum atomic E-state index is 4.48. The predicted octanol–water partition coefficient (Wildman–Crippen LogP) is 1.57. The molecule has 0 radical (unpaired) electrons. The highest BCUT2D eigenvalue weighted by Gasteiger charge is 2.21. The summed E-state index contributed by atoms with van der Waals surface area (Å²) in [7, 11) is 0. The number of rotatable bonds is 3. The molecule has 0 spiro atoms. The van der Waals surface area contributed by atoms with Gasteiger partial charge in [-0.1, -0.05) is 13.0 Å². The van der Waals surface area contributed by atoms with Gasteiger partial charge in [-0.3, -0.25) is 9.88 Å². The van der Waals surface area contributed by atoms with Crippen LogP contribution in [0.15, 0.2) is 18.3 Å². The topological polar surface area (TPSA) is 28.2 Å². The highest BCUT2D eigenvalue weighted by molar-refractivity contribution is 5.17.